The fourth-order valence-corrected chi connectivity index (χ4v) is 6.67. The van der Waals surface area contributed by atoms with E-state index in [0.29, 0.717) is 56.5 Å². The average molecular weight is 716 g/mol. The van der Waals surface area contributed by atoms with Gasteiger partial charge in [0.05, 0.1) is 29.6 Å². The Morgan fingerprint density at radius 3 is 2.42 bits per heavy atom. The quantitative estimate of drug-likeness (QED) is 0.126. The Kier molecular flexibility index (Phi) is 8.07. The van der Waals surface area contributed by atoms with Crippen LogP contribution < -0.4 is 11.1 Å². The van der Waals surface area contributed by atoms with E-state index in [-0.39, 0.29) is 34.8 Å². The van der Waals surface area contributed by atoms with E-state index in [1.807, 2.05) is 0 Å². The second-order valence-electron chi connectivity index (χ2n) is 12.4. The highest BCUT2D eigenvalue weighted by atomic mass is 32.1. The zero-order chi connectivity index (χ0) is 36.0. The number of halogens is 2. The number of nitrogens with zero attached hydrogens (tertiary/aromatic N) is 7. The molecule has 1 saturated carbocycles. The maximum atomic E-state index is 15.5. The SMILES string of the molecule is CC(O)(C#Cc1cc2c(-c3nc(Nc4nc(C#CC5(O)CCCC5)cc5c(-c6nc(N)ncc6F)c[nH]c45)ncc3F)c[nH]c2cn1)c1nccs1. The summed E-state index contributed by atoms with van der Waals surface area (Å²) in [4.78, 5) is 35.9. The number of anilines is 3. The number of hydrogen-bond acceptors (Lipinski definition) is 12. The van der Waals surface area contributed by atoms with Crippen LogP contribution in [0.1, 0.15) is 49.0 Å². The van der Waals surface area contributed by atoms with Crippen molar-refractivity contribution in [2.75, 3.05) is 11.1 Å². The van der Waals surface area contributed by atoms with Crippen molar-refractivity contribution in [1.29, 1.82) is 0 Å². The summed E-state index contributed by atoms with van der Waals surface area (Å²) in [5, 5.41) is 28.0. The largest absolute Gasteiger partial charge is 0.378 e. The molecule has 0 aliphatic heterocycles. The van der Waals surface area contributed by atoms with Crippen LogP contribution in [0.2, 0.25) is 0 Å². The molecular formula is C36H27F2N11O2S. The van der Waals surface area contributed by atoms with Crippen molar-refractivity contribution in [2.45, 2.75) is 43.8 Å². The first-order valence-corrected chi connectivity index (χ1v) is 16.9. The molecule has 1 fully saturated rings. The summed E-state index contributed by atoms with van der Waals surface area (Å²) < 4.78 is 30.4. The number of aliphatic hydroxyl groups is 2. The third-order valence-corrected chi connectivity index (χ3v) is 9.60. The van der Waals surface area contributed by atoms with Crippen molar-refractivity contribution in [3.05, 3.63) is 82.7 Å². The molecule has 8 rings (SSSR count). The topological polar surface area (TPSA) is 200 Å². The summed E-state index contributed by atoms with van der Waals surface area (Å²) >= 11 is 1.28. The number of H-pyrrole nitrogens is 2. The minimum Gasteiger partial charge on any atom is -0.378 e. The first-order chi connectivity index (χ1) is 25.0. The number of fused-ring (bicyclic) bond motifs is 2. The van der Waals surface area contributed by atoms with E-state index in [1.165, 1.54) is 11.3 Å². The number of thiazole rings is 1. The minimum absolute atomic E-state index is 0.00116. The molecule has 0 bridgehead atoms. The van der Waals surface area contributed by atoms with Crippen LogP contribution in [0.5, 0.6) is 0 Å². The fourth-order valence-electron chi connectivity index (χ4n) is 6.02. The molecule has 0 amide bonds. The molecule has 1 atom stereocenters. The van der Waals surface area contributed by atoms with Gasteiger partial charge in [0.15, 0.2) is 23.1 Å². The van der Waals surface area contributed by atoms with E-state index in [4.69, 9.17) is 5.73 Å². The Labute approximate surface area is 297 Å². The van der Waals surface area contributed by atoms with E-state index in [9.17, 15) is 14.6 Å². The normalized spacial score (nSPS) is 14.8. The molecule has 258 valence electrons. The van der Waals surface area contributed by atoms with Crippen LogP contribution in [0.4, 0.5) is 26.5 Å². The van der Waals surface area contributed by atoms with Gasteiger partial charge in [-0.2, -0.15) is 0 Å². The van der Waals surface area contributed by atoms with Crippen LogP contribution in [0, 0.1) is 35.3 Å². The highest BCUT2D eigenvalue weighted by molar-refractivity contribution is 7.09. The van der Waals surface area contributed by atoms with E-state index in [0.717, 1.165) is 25.2 Å². The van der Waals surface area contributed by atoms with Crippen LogP contribution in [-0.4, -0.2) is 60.7 Å². The third-order valence-electron chi connectivity index (χ3n) is 8.62. The zero-order valence-electron chi connectivity index (χ0n) is 27.3. The van der Waals surface area contributed by atoms with Gasteiger partial charge < -0.3 is 31.2 Å². The van der Waals surface area contributed by atoms with Crippen LogP contribution in [0.25, 0.3) is 44.3 Å². The first kappa shape index (κ1) is 32.9. The smallest absolute Gasteiger partial charge is 0.229 e. The van der Waals surface area contributed by atoms with Gasteiger partial charge in [-0.15, -0.1) is 11.3 Å². The lowest BCUT2D eigenvalue weighted by molar-refractivity contribution is 0.110. The Morgan fingerprint density at radius 2 is 1.63 bits per heavy atom. The Balaban J connectivity index is 1.19. The Morgan fingerprint density at radius 1 is 0.904 bits per heavy atom. The van der Waals surface area contributed by atoms with Crippen molar-refractivity contribution in [3.63, 3.8) is 0 Å². The van der Waals surface area contributed by atoms with E-state index >= 15 is 4.39 Å². The van der Waals surface area contributed by atoms with Crippen LogP contribution in [0.15, 0.2) is 54.7 Å². The number of rotatable bonds is 5. The highest BCUT2D eigenvalue weighted by Crippen LogP contribution is 2.35. The second kappa shape index (κ2) is 12.8. The van der Waals surface area contributed by atoms with Gasteiger partial charge in [-0.3, -0.25) is 0 Å². The summed E-state index contributed by atoms with van der Waals surface area (Å²) in [5.41, 5.74) is 5.55. The molecule has 0 radical (unpaired) electrons. The molecule has 0 aromatic carbocycles. The molecule has 0 spiro atoms. The van der Waals surface area contributed by atoms with Crippen LogP contribution in [-0.2, 0) is 5.60 Å². The molecule has 7 aromatic rings. The van der Waals surface area contributed by atoms with Crippen LogP contribution in [0.3, 0.4) is 0 Å². The number of nitrogen functional groups attached to an aromatic ring is 1. The molecule has 13 nitrogen and oxygen atoms in total. The number of pyridine rings is 2. The van der Waals surface area contributed by atoms with Gasteiger partial charge in [-0.1, -0.05) is 11.8 Å². The summed E-state index contributed by atoms with van der Waals surface area (Å²) in [6.45, 7) is 1.55. The van der Waals surface area contributed by atoms with E-state index < -0.39 is 22.8 Å². The van der Waals surface area contributed by atoms with Gasteiger partial charge in [-0.25, -0.2) is 43.7 Å². The molecule has 7 heterocycles. The predicted octanol–water partition coefficient (Wildman–Crippen LogP) is 5.33. The molecule has 0 saturated heterocycles. The molecule has 7 aromatic heterocycles. The van der Waals surface area contributed by atoms with Gasteiger partial charge in [-0.05, 0) is 56.6 Å². The standard InChI is InChI=1S/C36H27F2N11O2S/c1-35(50,32-40-10-11-52-32)8-4-19-12-21-23(14-42-27(21)18-41-19)29-26(38)17-45-34(48-29)49-31-30-22(13-20(46-31)5-9-36(51)6-2-3-7-36)24(15-43-30)28-25(37)16-44-33(39)47-28/h10-18,42-43,50-51H,2-3,6-7H2,1H3,(H2,39,44,47)(H,45,46,48,49). The Hall–Kier alpha value is -6.33. The molecule has 52 heavy (non-hydrogen) atoms. The van der Waals surface area contributed by atoms with E-state index in [2.05, 4.69) is 73.9 Å². The molecule has 1 aliphatic carbocycles. The molecule has 16 heteroatoms. The van der Waals surface area contributed by atoms with Crippen molar-refractivity contribution in [1.82, 2.24) is 44.9 Å². The zero-order valence-corrected chi connectivity index (χ0v) is 28.1. The first-order valence-electron chi connectivity index (χ1n) is 16.0. The third kappa shape index (κ3) is 6.26. The summed E-state index contributed by atoms with van der Waals surface area (Å²) in [6, 6.07) is 3.33. The van der Waals surface area contributed by atoms with Gasteiger partial charge in [0, 0.05) is 45.9 Å². The molecular weight excluding hydrogens is 689 g/mol. The van der Waals surface area contributed by atoms with Crippen molar-refractivity contribution >= 4 is 50.9 Å². The van der Waals surface area contributed by atoms with Crippen molar-refractivity contribution in [3.8, 4) is 46.2 Å². The summed E-state index contributed by atoms with van der Waals surface area (Å²) in [7, 11) is 0. The Bertz CT molecular complexity index is 2630. The lowest BCUT2D eigenvalue weighted by Gasteiger charge is -2.13. The molecule has 1 aliphatic rings. The number of aromatic amines is 2. The summed E-state index contributed by atoms with van der Waals surface area (Å²) in [5.74, 6) is 10.4. The van der Waals surface area contributed by atoms with Crippen molar-refractivity contribution < 1.29 is 19.0 Å². The summed E-state index contributed by atoms with van der Waals surface area (Å²) in [6.07, 6.45) is 11.1. The van der Waals surface area contributed by atoms with Crippen LogP contribution >= 0.6 is 11.3 Å². The monoisotopic (exact) mass is 715 g/mol. The number of nitrogens with one attached hydrogen (secondary N) is 3. The fraction of sp³-hybridized carbons (Fsp3) is 0.194. The number of hydrogen-bond donors (Lipinski definition) is 6. The minimum atomic E-state index is -1.49. The average Bonchev–Trinajstić information content (AvgIpc) is 3.96. The van der Waals surface area contributed by atoms with E-state index in [1.54, 1.807) is 49.2 Å². The lowest BCUT2D eigenvalue weighted by Crippen LogP contribution is -2.20. The van der Waals surface area contributed by atoms with Gasteiger partial charge >= 0.3 is 0 Å². The maximum absolute atomic E-state index is 15.5. The van der Waals surface area contributed by atoms with Crippen molar-refractivity contribution in [2.24, 2.45) is 0 Å². The van der Waals surface area contributed by atoms with Gasteiger partial charge in [0.1, 0.15) is 33.4 Å². The van der Waals surface area contributed by atoms with Gasteiger partial charge in [0.2, 0.25) is 11.9 Å². The second-order valence-corrected chi connectivity index (χ2v) is 13.3. The highest BCUT2D eigenvalue weighted by Gasteiger charge is 2.29. The number of nitrogens with two attached hydrogens (primary N) is 1. The number of aromatic nitrogens is 9. The lowest BCUT2D eigenvalue weighted by atomic mass is 10.0. The predicted molar refractivity (Wildman–Crippen MR) is 191 cm³/mol. The maximum Gasteiger partial charge on any atom is 0.229 e. The van der Waals surface area contributed by atoms with Gasteiger partial charge in [0.25, 0.3) is 0 Å². The molecule has 1 unspecified atom stereocenters. The molecule has 7 N–H and O–H groups in total.